The lowest BCUT2D eigenvalue weighted by Crippen LogP contribution is -1.91. The molecule has 0 radical (unpaired) electrons. The van der Waals surface area contributed by atoms with E-state index in [4.69, 9.17) is 5.73 Å². The van der Waals surface area contributed by atoms with Crippen LogP contribution in [0.15, 0.2) is 24.0 Å². The van der Waals surface area contributed by atoms with E-state index in [1.54, 1.807) is 23.3 Å². The molecule has 2 aromatic heterocycles. The molecule has 11 heavy (non-hydrogen) atoms. The minimum Gasteiger partial charge on any atom is -0.396 e. The van der Waals surface area contributed by atoms with Crippen LogP contribution in [0.2, 0.25) is 0 Å². The highest BCUT2D eigenvalue weighted by atomic mass is 32.1. The topological polar surface area (TPSA) is 56.7 Å². The van der Waals surface area contributed by atoms with E-state index in [9.17, 15) is 0 Å². The van der Waals surface area contributed by atoms with E-state index in [-0.39, 0.29) is 0 Å². The highest BCUT2D eigenvalue weighted by molar-refractivity contribution is 7.12. The number of rotatable bonds is 1. The highest BCUT2D eigenvalue weighted by Crippen LogP contribution is 2.10. The fraction of sp³-hybridized carbons (Fsp3) is 0. The number of nitrogens with two attached hydrogens (primary N) is 1. The monoisotopic (exact) mass is 166 g/mol. The van der Waals surface area contributed by atoms with Gasteiger partial charge in [-0.3, -0.25) is 0 Å². The Morgan fingerprint density at radius 1 is 1.55 bits per heavy atom. The average molecular weight is 166 g/mol. The summed E-state index contributed by atoms with van der Waals surface area (Å²) in [6, 6.07) is 0. The number of hydrogen-bond acceptors (Lipinski definition) is 4. The molecule has 0 bridgehead atoms. The Bertz CT molecular complexity index is 337. The van der Waals surface area contributed by atoms with Crippen LogP contribution in [0.25, 0.3) is 5.13 Å². The quantitative estimate of drug-likeness (QED) is 0.685. The number of thiazole rings is 1. The van der Waals surface area contributed by atoms with Crippen molar-refractivity contribution in [3.05, 3.63) is 24.0 Å². The Balaban J connectivity index is 2.45. The van der Waals surface area contributed by atoms with Gasteiger partial charge in [0.1, 0.15) is 0 Å². The van der Waals surface area contributed by atoms with Gasteiger partial charge in [0, 0.05) is 11.6 Å². The molecule has 2 rings (SSSR count). The van der Waals surface area contributed by atoms with Gasteiger partial charge in [-0.15, -0.1) is 11.3 Å². The predicted octanol–water partition coefficient (Wildman–Crippen LogP) is 0.911. The molecule has 0 atom stereocenters. The second-order valence-electron chi connectivity index (χ2n) is 2.03. The van der Waals surface area contributed by atoms with Gasteiger partial charge in [-0.2, -0.15) is 5.10 Å². The van der Waals surface area contributed by atoms with Gasteiger partial charge in [0.25, 0.3) is 0 Å². The third-order valence-electron chi connectivity index (χ3n) is 1.22. The summed E-state index contributed by atoms with van der Waals surface area (Å²) in [5.74, 6) is 0. The molecule has 0 amide bonds. The van der Waals surface area contributed by atoms with Gasteiger partial charge < -0.3 is 5.73 Å². The molecular weight excluding hydrogens is 160 g/mol. The Morgan fingerprint density at radius 2 is 2.45 bits per heavy atom. The van der Waals surface area contributed by atoms with Crippen molar-refractivity contribution in [2.75, 3.05) is 5.73 Å². The van der Waals surface area contributed by atoms with Crippen LogP contribution in [-0.4, -0.2) is 14.8 Å². The van der Waals surface area contributed by atoms with Crippen LogP contribution in [0, 0.1) is 0 Å². The molecule has 56 valence electrons. The minimum absolute atomic E-state index is 0.653. The molecule has 2 aromatic rings. The van der Waals surface area contributed by atoms with E-state index in [0.29, 0.717) is 5.69 Å². The lowest BCUT2D eigenvalue weighted by Gasteiger charge is -1.90. The third-order valence-corrected chi connectivity index (χ3v) is 1.98. The summed E-state index contributed by atoms with van der Waals surface area (Å²) in [7, 11) is 0. The van der Waals surface area contributed by atoms with Crippen molar-refractivity contribution in [2.45, 2.75) is 0 Å². The number of aromatic nitrogens is 3. The third kappa shape index (κ3) is 1.10. The lowest BCUT2D eigenvalue weighted by atomic mass is 10.6. The molecule has 0 saturated heterocycles. The summed E-state index contributed by atoms with van der Waals surface area (Å²) >= 11 is 1.52. The van der Waals surface area contributed by atoms with Gasteiger partial charge in [-0.1, -0.05) is 0 Å². The summed E-state index contributed by atoms with van der Waals surface area (Å²) in [5, 5.41) is 6.73. The van der Waals surface area contributed by atoms with Crippen LogP contribution in [0.1, 0.15) is 0 Å². The first-order valence-electron chi connectivity index (χ1n) is 3.06. The maximum absolute atomic E-state index is 5.48. The molecule has 0 aliphatic carbocycles. The maximum atomic E-state index is 5.48. The summed E-state index contributed by atoms with van der Waals surface area (Å²) in [6.07, 6.45) is 5.07. The predicted molar refractivity (Wildman–Crippen MR) is 43.6 cm³/mol. The van der Waals surface area contributed by atoms with Gasteiger partial charge >= 0.3 is 0 Å². The Morgan fingerprint density at radius 3 is 3.00 bits per heavy atom. The summed E-state index contributed by atoms with van der Waals surface area (Å²) in [4.78, 5) is 4.06. The van der Waals surface area contributed by atoms with Crippen molar-refractivity contribution < 1.29 is 0 Å². The Labute approximate surface area is 67.3 Å². The zero-order valence-electron chi connectivity index (χ0n) is 5.64. The van der Waals surface area contributed by atoms with Crippen molar-refractivity contribution in [1.82, 2.24) is 14.8 Å². The average Bonchev–Trinajstić information content (AvgIpc) is 2.55. The molecule has 0 aromatic carbocycles. The van der Waals surface area contributed by atoms with Crippen molar-refractivity contribution in [3.63, 3.8) is 0 Å². The van der Waals surface area contributed by atoms with E-state index in [2.05, 4.69) is 10.1 Å². The molecule has 0 spiro atoms. The first-order valence-corrected chi connectivity index (χ1v) is 3.94. The Kier molecular flexibility index (Phi) is 1.36. The smallest absolute Gasteiger partial charge is 0.210 e. The maximum Gasteiger partial charge on any atom is 0.210 e. The minimum atomic E-state index is 0.653. The van der Waals surface area contributed by atoms with E-state index in [1.165, 1.54) is 11.3 Å². The van der Waals surface area contributed by atoms with Gasteiger partial charge in [0.05, 0.1) is 18.1 Å². The van der Waals surface area contributed by atoms with E-state index in [1.807, 2.05) is 5.38 Å². The summed E-state index contributed by atoms with van der Waals surface area (Å²) in [5.41, 5.74) is 6.13. The van der Waals surface area contributed by atoms with Crippen LogP contribution in [-0.2, 0) is 0 Å². The molecule has 0 fully saturated rings. The van der Waals surface area contributed by atoms with Crippen LogP contribution >= 0.6 is 11.3 Å². The molecule has 0 saturated carbocycles. The van der Waals surface area contributed by atoms with Gasteiger partial charge in [0.15, 0.2) is 0 Å². The molecule has 0 aliphatic heterocycles. The van der Waals surface area contributed by atoms with Crippen LogP contribution < -0.4 is 5.73 Å². The van der Waals surface area contributed by atoms with E-state index in [0.717, 1.165) is 5.13 Å². The Hall–Kier alpha value is -1.36. The largest absolute Gasteiger partial charge is 0.396 e. The van der Waals surface area contributed by atoms with Gasteiger partial charge in [-0.05, 0) is 0 Å². The van der Waals surface area contributed by atoms with Crippen molar-refractivity contribution >= 4 is 17.0 Å². The molecule has 4 nitrogen and oxygen atoms in total. The first-order chi connectivity index (χ1) is 5.36. The second-order valence-corrected chi connectivity index (χ2v) is 2.91. The fourth-order valence-electron chi connectivity index (χ4n) is 0.770. The van der Waals surface area contributed by atoms with Crippen molar-refractivity contribution in [1.29, 1.82) is 0 Å². The van der Waals surface area contributed by atoms with Crippen molar-refractivity contribution in [3.8, 4) is 5.13 Å². The number of nitrogen functional groups attached to an aromatic ring is 1. The normalized spacial score (nSPS) is 10.2. The summed E-state index contributed by atoms with van der Waals surface area (Å²) < 4.78 is 1.65. The standard InChI is InChI=1S/C6H6N4S/c7-5-3-9-10(4-5)6-8-1-2-11-6/h1-4H,7H2. The molecule has 5 heteroatoms. The SMILES string of the molecule is Nc1cnn(-c2nccs2)c1. The zero-order valence-corrected chi connectivity index (χ0v) is 6.45. The fourth-order valence-corrected chi connectivity index (χ4v) is 1.34. The number of anilines is 1. The molecule has 2 N–H and O–H groups in total. The molecule has 2 heterocycles. The second kappa shape index (κ2) is 2.35. The molecule has 0 unspecified atom stereocenters. The number of nitrogens with zero attached hydrogens (tertiary/aromatic N) is 3. The lowest BCUT2D eigenvalue weighted by molar-refractivity contribution is 0.870. The van der Waals surface area contributed by atoms with Crippen LogP contribution in [0.5, 0.6) is 0 Å². The highest BCUT2D eigenvalue weighted by Gasteiger charge is 1.98. The summed E-state index contributed by atoms with van der Waals surface area (Å²) in [6.45, 7) is 0. The van der Waals surface area contributed by atoms with E-state index >= 15 is 0 Å². The van der Waals surface area contributed by atoms with Crippen molar-refractivity contribution in [2.24, 2.45) is 0 Å². The van der Waals surface area contributed by atoms with E-state index < -0.39 is 0 Å². The van der Waals surface area contributed by atoms with Gasteiger partial charge in [-0.25, -0.2) is 9.67 Å². The van der Waals surface area contributed by atoms with Crippen LogP contribution in [0.4, 0.5) is 5.69 Å². The molecule has 0 aliphatic rings. The van der Waals surface area contributed by atoms with Crippen LogP contribution in [0.3, 0.4) is 0 Å². The first kappa shape index (κ1) is 6.36. The number of hydrogen-bond donors (Lipinski definition) is 1. The zero-order chi connectivity index (χ0) is 7.68. The van der Waals surface area contributed by atoms with Gasteiger partial charge in [0.2, 0.25) is 5.13 Å². The molecular formula is C6H6N4S.